The Bertz CT molecular complexity index is 462. The zero-order valence-corrected chi connectivity index (χ0v) is 13.2. The fraction of sp³-hybridized carbons (Fsp3) is 0.588. The maximum absolute atomic E-state index is 11.7. The molecule has 1 aliphatic heterocycles. The van der Waals surface area contributed by atoms with Gasteiger partial charge in [-0.25, -0.2) is 0 Å². The number of carbonyl (C=O) groups is 1. The lowest BCUT2D eigenvalue weighted by molar-refractivity contribution is -0.144. The molecule has 1 heterocycles. The molecular formula is C17H26N2O2. The Morgan fingerprint density at radius 3 is 2.05 bits per heavy atom. The first-order chi connectivity index (χ1) is 10.0. The highest BCUT2D eigenvalue weighted by Gasteiger charge is 2.29. The number of aliphatic carboxylic acids is 1. The Kier molecular flexibility index (Phi) is 5.37. The van der Waals surface area contributed by atoms with Crippen molar-refractivity contribution in [3.63, 3.8) is 0 Å². The van der Waals surface area contributed by atoms with Gasteiger partial charge in [0.15, 0.2) is 0 Å². The summed E-state index contributed by atoms with van der Waals surface area (Å²) in [6.07, 6.45) is 0. The largest absolute Gasteiger partial charge is 0.480 e. The van der Waals surface area contributed by atoms with Gasteiger partial charge in [0.05, 0.1) is 0 Å². The van der Waals surface area contributed by atoms with Gasteiger partial charge in [-0.3, -0.25) is 9.69 Å². The molecular weight excluding hydrogens is 264 g/mol. The van der Waals surface area contributed by atoms with Crippen LogP contribution in [0.3, 0.4) is 0 Å². The number of hydrogen-bond acceptors (Lipinski definition) is 3. The molecule has 1 unspecified atom stereocenters. The quantitative estimate of drug-likeness (QED) is 0.905. The molecule has 4 heteroatoms. The molecule has 1 atom stereocenters. The van der Waals surface area contributed by atoms with Crippen LogP contribution < -0.4 is 0 Å². The minimum atomic E-state index is -0.753. The van der Waals surface area contributed by atoms with Gasteiger partial charge < -0.3 is 10.0 Å². The zero-order chi connectivity index (χ0) is 15.4. The van der Waals surface area contributed by atoms with E-state index in [2.05, 4.69) is 42.7 Å². The summed E-state index contributed by atoms with van der Waals surface area (Å²) in [6.45, 7) is 11.0. The molecule has 1 aromatic rings. The van der Waals surface area contributed by atoms with Crippen LogP contribution >= 0.6 is 0 Å². The molecule has 0 amide bonds. The molecule has 116 valence electrons. The van der Waals surface area contributed by atoms with Crippen LogP contribution in [0.2, 0.25) is 0 Å². The lowest BCUT2D eigenvalue weighted by Gasteiger charge is -2.37. The van der Waals surface area contributed by atoms with Gasteiger partial charge in [0.25, 0.3) is 0 Å². The van der Waals surface area contributed by atoms with E-state index in [0.29, 0.717) is 5.92 Å². The maximum Gasteiger partial charge on any atom is 0.325 e. The van der Waals surface area contributed by atoms with Crippen LogP contribution in [0.1, 0.15) is 43.9 Å². The summed E-state index contributed by atoms with van der Waals surface area (Å²) in [5, 5.41) is 9.63. The smallest absolute Gasteiger partial charge is 0.325 e. The van der Waals surface area contributed by atoms with E-state index in [9.17, 15) is 9.90 Å². The summed E-state index contributed by atoms with van der Waals surface area (Å²) in [5.74, 6) is -0.285. The Morgan fingerprint density at radius 2 is 1.62 bits per heavy atom. The van der Waals surface area contributed by atoms with Gasteiger partial charge in [0.1, 0.15) is 6.04 Å². The average molecular weight is 290 g/mol. The van der Waals surface area contributed by atoms with Crippen molar-refractivity contribution in [2.24, 2.45) is 0 Å². The minimum Gasteiger partial charge on any atom is -0.480 e. The fourth-order valence-electron chi connectivity index (χ4n) is 2.91. The third-order valence-corrected chi connectivity index (χ3v) is 4.37. The van der Waals surface area contributed by atoms with Crippen LogP contribution in [0.4, 0.5) is 0 Å². The second kappa shape index (κ2) is 7.05. The van der Waals surface area contributed by atoms with Gasteiger partial charge in [0, 0.05) is 26.2 Å². The molecule has 0 saturated carbocycles. The molecule has 21 heavy (non-hydrogen) atoms. The molecule has 1 N–H and O–H groups in total. The van der Waals surface area contributed by atoms with Gasteiger partial charge in [-0.2, -0.15) is 0 Å². The molecule has 0 radical (unpaired) electrons. The summed E-state index contributed by atoms with van der Waals surface area (Å²) in [5.41, 5.74) is 2.13. The summed E-state index contributed by atoms with van der Waals surface area (Å²) in [6, 6.07) is 7.53. The van der Waals surface area contributed by atoms with Crippen molar-refractivity contribution >= 4 is 5.97 Å². The highest BCUT2D eigenvalue weighted by Crippen LogP contribution is 2.24. The average Bonchev–Trinajstić information content (AvgIpc) is 2.48. The van der Waals surface area contributed by atoms with Crippen LogP contribution in [0.25, 0.3) is 0 Å². The zero-order valence-electron chi connectivity index (χ0n) is 13.2. The second-order valence-corrected chi connectivity index (χ2v) is 6.03. The standard InChI is InChI=1S/C17H26N2O2/c1-4-18-9-11-19(12-10-18)16(17(20)21)15-7-5-14(6-8-15)13(2)3/h5-8,13,16H,4,9-12H2,1-3H3,(H,20,21). The molecule has 1 aromatic carbocycles. The predicted molar refractivity (Wildman–Crippen MR) is 84.6 cm³/mol. The second-order valence-electron chi connectivity index (χ2n) is 6.03. The van der Waals surface area contributed by atoms with E-state index in [0.717, 1.165) is 38.3 Å². The lowest BCUT2D eigenvalue weighted by Crippen LogP contribution is -2.49. The Hall–Kier alpha value is -1.39. The number of likely N-dealkylation sites (N-methyl/N-ethyl adjacent to an activating group) is 1. The van der Waals surface area contributed by atoms with Crippen molar-refractivity contribution in [3.8, 4) is 0 Å². The van der Waals surface area contributed by atoms with Crippen LogP contribution in [0, 0.1) is 0 Å². The van der Waals surface area contributed by atoms with Crippen LogP contribution in [-0.2, 0) is 4.79 Å². The van der Waals surface area contributed by atoms with Crippen molar-refractivity contribution < 1.29 is 9.90 Å². The summed E-state index contributed by atoms with van der Waals surface area (Å²) in [4.78, 5) is 16.2. The van der Waals surface area contributed by atoms with Crippen molar-refractivity contribution in [2.45, 2.75) is 32.7 Å². The van der Waals surface area contributed by atoms with Gasteiger partial charge in [0.2, 0.25) is 0 Å². The van der Waals surface area contributed by atoms with Crippen LogP contribution in [0.5, 0.6) is 0 Å². The first-order valence-electron chi connectivity index (χ1n) is 7.82. The molecule has 1 fully saturated rings. The van der Waals surface area contributed by atoms with E-state index < -0.39 is 12.0 Å². The Balaban J connectivity index is 2.14. The third kappa shape index (κ3) is 3.83. The predicted octanol–water partition coefficient (Wildman–Crippen LogP) is 2.57. The van der Waals surface area contributed by atoms with Crippen molar-refractivity contribution in [1.82, 2.24) is 9.80 Å². The van der Waals surface area contributed by atoms with Crippen molar-refractivity contribution in [1.29, 1.82) is 0 Å². The van der Waals surface area contributed by atoms with E-state index in [1.54, 1.807) is 0 Å². The topological polar surface area (TPSA) is 43.8 Å². The van der Waals surface area contributed by atoms with Gasteiger partial charge in [-0.15, -0.1) is 0 Å². The first kappa shape index (κ1) is 16.0. The van der Waals surface area contributed by atoms with Crippen molar-refractivity contribution in [3.05, 3.63) is 35.4 Å². The normalized spacial score (nSPS) is 18.9. The molecule has 1 aliphatic rings. The molecule has 0 aliphatic carbocycles. The monoisotopic (exact) mass is 290 g/mol. The number of carboxylic acids is 1. The maximum atomic E-state index is 11.7. The van der Waals surface area contributed by atoms with E-state index in [1.807, 2.05) is 12.1 Å². The summed E-state index contributed by atoms with van der Waals surface area (Å²) >= 11 is 0. The molecule has 0 spiro atoms. The third-order valence-electron chi connectivity index (χ3n) is 4.37. The molecule has 1 saturated heterocycles. The number of hydrogen-bond donors (Lipinski definition) is 1. The van der Waals surface area contributed by atoms with Crippen LogP contribution in [0.15, 0.2) is 24.3 Å². The summed E-state index contributed by atoms with van der Waals surface area (Å²) < 4.78 is 0. The molecule has 0 aromatic heterocycles. The highest BCUT2D eigenvalue weighted by molar-refractivity contribution is 5.75. The van der Waals surface area contributed by atoms with E-state index in [1.165, 1.54) is 5.56 Å². The molecule has 2 rings (SSSR count). The fourth-order valence-corrected chi connectivity index (χ4v) is 2.91. The Morgan fingerprint density at radius 1 is 1.10 bits per heavy atom. The van der Waals surface area contributed by atoms with Gasteiger partial charge >= 0.3 is 5.97 Å². The minimum absolute atomic E-state index is 0.468. The lowest BCUT2D eigenvalue weighted by atomic mass is 9.98. The van der Waals surface area contributed by atoms with Gasteiger partial charge in [-0.05, 0) is 23.6 Å². The van der Waals surface area contributed by atoms with Crippen LogP contribution in [-0.4, -0.2) is 53.6 Å². The Labute approximate surface area is 127 Å². The van der Waals surface area contributed by atoms with Crippen molar-refractivity contribution in [2.75, 3.05) is 32.7 Å². The summed E-state index contributed by atoms with van der Waals surface area (Å²) in [7, 11) is 0. The SMILES string of the molecule is CCN1CCN(C(C(=O)O)c2ccc(C(C)C)cc2)CC1. The number of rotatable bonds is 5. The molecule has 0 bridgehead atoms. The van der Waals surface area contributed by atoms with E-state index in [-0.39, 0.29) is 0 Å². The molecule has 4 nitrogen and oxygen atoms in total. The number of piperazine rings is 1. The number of nitrogens with zero attached hydrogens (tertiary/aromatic N) is 2. The van der Waals surface area contributed by atoms with E-state index in [4.69, 9.17) is 0 Å². The first-order valence-corrected chi connectivity index (χ1v) is 7.82. The van der Waals surface area contributed by atoms with Gasteiger partial charge in [-0.1, -0.05) is 45.0 Å². The number of benzene rings is 1. The highest BCUT2D eigenvalue weighted by atomic mass is 16.4. The number of carboxylic acid groups (broad SMARTS) is 1. The van der Waals surface area contributed by atoms with E-state index >= 15 is 0 Å².